The van der Waals surface area contributed by atoms with Gasteiger partial charge in [-0.3, -0.25) is 4.79 Å². The summed E-state index contributed by atoms with van der Waals surface area (Å²) in [7, 11) is 0. The molecule has 0 radical (unpaired) electrons. The van der Waals surface area contributed by atoms with Gasteiger partial charge in [-0.15, -0.1) is 0 Å². The maximum absolute atomic E-state index is 12.2. The molecule has 0 atom stereocenters. The van der Waals surface area contributed by atoms with E-state index in [-0.39, 0.29) is 5.89 Å². The average Bonchev–Trinajstić information content (AvgIpc) is 3.40. The molecule has 7 heteroatoms. The molecule has 27 heavy (non-hydrogen) atoms. The van der Waals surface area contributed by atoms with E-state index in [2.05, 4.69) is 15.5 Å². The van der Waals surface area contributed by atoms with Gasteiger partial charge in [-0.25, -0.2) is 0 Å². The van der Waals surface area contributed by atoms with Gasteiger partial charge in [0.15, 0.2) is 0 Å². The van der Waals surface area contributed by atoms with Crippen LogP contribution in [-0.4, -0.2) is 20.6 Å². The molecule has 0 unspecified atom stereocenters. The molecule has 1 amide bonds. The summed E-state index contributed by atoms with van der Waals surface area (Å²) < 4.78 is 7.09. The SMILES string of the molecule is O=C(NCc1ccc(Cl)cc1)c1nc(-c2ccc(-n3cccc3)cc2)no1. The van der Waals surface area contributed by atoms with Gasteiger partial charge < -0.3 is 14.4 Å². The predicted molar refractivity (Wildman–Crippen MR) is 102 cm³/mol. The Labute approximate surface area is 160 Å². The number of rotatable bonds is 5. The molecular weight excluding hydrogens is 364 g/mol. The second-order valence-corrected chi connectivity index (χ2v) is 6.31. The summed E-state index contributed by atoms with van der Waals surface area (Å²) in [6.07, 6.45) is 3.93. The molecule has 0 fully saturated rings. The number of hydrogen-bond acceptors (Lipinski definition) is 4. The molecule has 0 aliphatic carbocycles. The largest absolute Gasteiger partial charge is 0.344 e. The van der Waals surface area contributed by atoms with E-state index in [1.807, 2.05) is 65.5 Å². The molecule has 1 N–H and O–H groups in total. The van der Waals surface area contributed by atoms with Gasteiger partial charge >= 0.3 is 11.8 Å². The lowest BCUT2D eigenvalue weighted by molar-refractivity contribution is 0.0907. The Hall–Kier alpha value is -3.38. The van der Waals surface area contributed by atoms with Crippen LogP contribution in [0.2, 0.25) is 5.02 Å². The van der Waals surface area contributed by atoms with Crippen molar-refractivity contribution < 1.29 is 9.32 Å². The lowest BCUT2D eigenvalue weighted by atomic mass is 10.2. The molecule has 4 rings (SSSR count). The Bertz CT molecular complexity index is 1040. The van der Waals surface area contributed by atoms with Gasteiger partial charge in [-0.1, -0.05) is 28.9 Å². The molecule has 0 saturated carbocycles. The highest BCUT2D eigenvalue weighted by Crippen LogP contribution is 2.18. The second-order valence-electron chi connectivity index (χ2n) is 5.87. The zero-order chi connectivity index (χ0) is 18.6. The van der Waals surface area contributed by atoms with E-state index in [4.69, 9.17) is 16.1 Å². The highest BCUT2D eigenvalue weighted by atomic mass is 35.5. The van der Waals surface area contributed by atoms with Crippen molar-refractivity contribution >= 4 is 17.5 Å². The number of amides is 1. The maximum atomic E-state index is 12.2. The van der Waals surface area contributed by atoms with E-state index in [0.717, 1.165) is 16.8 Å². The van der Waals surface area contributed by atoms with Gasteiger partial charge in [0, 0.05) is 35.2 Å². The van der Waals surface area contributed by atoms with E-state index in [1.165, 1.54) is 0 Å². The van der Waals surface area contributed by atoms with Crippen LogP contribution in [-0.2, 0) is 6.54 Å². The normalized spacial score (nSPS) is 10.7. The molecule has 0 bridgehead atoms. The number of carbonyl (C=O) groups excluding carboxylic acids is 1. The van der Waals surface area contributed by atoms with E-state index in [9.17, 15) is 4.79 Å². The minimum absolute atomic E-state index is 0.0755. The van der Waals surface area contributed by atoms with Crippen molar-refractivity contribution in [2.75, 3.05) is 0 Å². The highest BCUT2D eigenvalue weighted by Gasteiger charge is 2.16. The second kappa shape index (κ2) is 7.47. The van der Waals surface area contributed by atoms with Gasteiger partial charge in [0.1, 0.15) is 0 Å². The Balaban J connectivity index is 1.43. The third-order valence-corrected chi connectivity index (χ3v) is 4.27. The van der Waals surface area contributed by atoms with Gasteiger partial charge in [0.05, 0.1) is 0 Å². The topological polar surface area (TPSA) is 73.0 Å². The molecule has 2 heterocycles. The van der Waals surface area contributed by atoms with E-state index in [0.29, 0.717) is 17.4 Å². The first-order valence-electron chi connectivity index (χ1n) is 8.29. The molecule has 2 aromatic heterocycles. The summed E-state index contributed by atoms with van der Waals surface area (Å²) in [5.74, 6) is -0.133. The summed E-state index contributed by atoms with van der Waals surface area (Å²) in [6.45, 7) is 0.347. The first kappa shape index (κ1) is 17.1. The molecule has 0 saturated heterocycles. The van der Waals surface area contributed by atoms with Gasteiger partial charge in [0.25, 0.3) is 0 Å². The molecule has 2 aromatic carbocycles. The van der Waals surface area contributed by atoms with Crippen molar-refractivity contribution in [2.24, 2.45) is 0 Å². The fourth-order valence-corrected chi connectivity index (χ4v) is 2.71. The Kier molecular flexibility index (Phi) is 4.72. The predicted octanol–water partition coefficient (Wildman–Crippen LogP) is 4.11. The number of benzene rings is 2. The third-order valence-electron chi connectivity index (χ3n) is 4.01. The van der Waals surface area contributed by atoms with Crippen LogP contribution in [0.5, 0.6) is 0 Å². The quantitative estimate of drug-likeness (QED) is 0.567. The van der Waals surface area contributed by atoms with Gasteiger partial charge in [-0.2, -0.15) is 4.98 Å². The molecule has 0 aliphatic rings. The van der Waals surface area contributed by atoms with Crippen LogP contribution in [0.4, 0.5) is 0 Å². The van der Waals surface area contributed by atoms with E-state index in [1.54, 1.807) is 12.1 Å². The number of nitrogens with one attached hydrogen (secondary N) is 1. The highest BCUT2D eigenvalue weighted by molar-refractivity contribution is 6.30. The van der Waals surface area contributed by atoms with Crippen molar-refractivity contribution in [3.05, 3.63) is 89.5 Å². The summed E-state index contributed by atoms with van der Waals surface area (Å²) in [5.41, 5.74) is 2.72. The molecular formula is C20H15ClN4O2. The first-order chi connectivity index (χ1) is 13.2. The molecule has 134 valence electrons. The van der Waals surface area contributed by atoms with Gasteiger partial charge in [-0.05, 0) is 54.1 Å². The van der Waals surface area contributed by atoms with Crippen LogP contribution in [0, 0.1) is 0 Å². The number of aromatic nitrogens is 3. The molecule has 4 aromatic rings. The monoisotopic (exact) mass is 378 g/mol. The summed E-state index contributed by atoms with van der Waals surface area (Å²) in [4.78, 5) is 16.4. The Morgan fingerprint density at radius 2 is 1.74 bits per heavy atom. The summed E-state index contributed by atoms with van der Waals surface area (Å²) >= 11 is 5.85. The van der Waals surface area contributed by atoms with Crippen molar-refractivity contribution in [1.29, 1.82) is 0 Å². The first-order valence-corrected chi connectivity index (χ1v) is 8.67. The zero-order valence-corrected chi connectivity index (χ0v) is 14.9. The van der Waals surface area contributed by atoms with E-state index < -0.39 is 5.91 Å². The van der Waals surface area contributed by atoms with Crippen LogP contribution >= 0.6 is 11.6 Å². The Morgan fingerprint density at radius 3 is 2.44 bits per heavy atom. The van der Waals surface area contributed by atoms with Crippen LogP contribution in [0.3, 0.4) is 0 Å². The van der Waals surface area contributed by atoms with Gasteiger partial charge in [0.2, 0.25) is 5.82 Å². The van der Waals surface area contributed by atoms with E-state index >= 15 is 0 Å². The summed E-state index contributed by atoms with van der Waals surface area (Å²) in [6, 6.07) is 18.8. The fourth-order valence-electron chi connectivity index (χ4n) is 2.58. The maximum Gasteiger partial charge on any atom is 0.316 e. The molecule has 0 spiro atoms. The fraction of sp³-hybridized carbons (Fsp3) is 0.0500. The number of hydrogen-bond donors (Lipinski definition) is 1. The number of nitrogens with zero attached hydrogens (tertiary/aromatic N) is 3. The minimum atomic E-state index is -0.423. The smallest absolute Gasteiger partial charge is 0.316 e. The molecule has 0 aliphatic heterocycles. The van der Waals surface area contributed by atoms with Crippen LogP contribution in [0.1, 0.15) is 16.2 Å². The van der Waals surface area contributed by atoms with Crippen molar-refractivity contribution in [3.8, 4) is 17.1 Å². The summed E-state index contributed by atoms with van der Waals surface area (Å²) in [5, 5.41) is 7.29. The minimum Gasteiger partial charge on any atom is -0.344 e. The zero-order valence-electron chi connectivity index (χ0n) is 14.2. The number of halogens is 1. The van der Waals surface area contributed by atoms with Crippen molar-refractivity contribution in [2.45, 2.75) is 6.54 Å². The number of carbonyl (C=O) groups is 1. The lowest BCUT2D eigenvalue weighted by Crippen LogP contribution is -2.23. The molecule has 6 nitrogen and oxygen atoms in total. The van der Waals surface area contributed by atoms with Crippen LogP contribution in [0.25, 0.3) is 17.1 Å². The van der Waals surface area contributed by atoms with Crippen molar-refractivity contribution in [1.82, 2.24) is 20.0 Å². The standard InChI is InChI=1S/C20H15ClN4O2/c21-16-7-3-14(4-8-16)13-22-19(26)20-23-18(24-27-20)15-5-9-17(10-6-15)25-11-1-2-12-25/h1-12H,13H2,(H,22,26). The van der Waals surface area contributed by atoms with Crippen molar-refractivity contribution in [3.63, 3.8) is 0 Å². The Morgan fingerprint density at radius 1 is 1.04 bits per heavy atom. The van der Waals surface area contributed by atoms with Crippen LogP contribution in [0.15, 0.2) is 77.6 Å². The lowest BCUT2D eigenvalue weighted by Gasteiger charge is -2.03. The average molecular weight is 379 g/mol. The van der Waals surface area contributed by atoms with Crippen LogP contribution < -0.4 is 5.32 Å². The third kappa shape index (κ3) is 3.91.